The molecule has 1 unspecified atom stereocenters. The Morgan fingerprint density at radius 3 is 2.38 bits per heavy atom. The maximum Gasteiger partial charge on any atom is 0.320 e. The Bertz CT molecular complexity index is 212. The molecule has 5 heteroatoms. The van der Waals surface area contributed by atoms with E-state index in [1.165, 1.54) is 0 Å². The third kappa shape index (κ3) is 3.89. The molecule has 0 aromatic heterocycles. The number of carbonyl (C=O) groups is 2. The minimum atomic E-state index is -0.965. The predicted octanol–water partition coefficient (Wildman–Crippen LogP) is 0.0564. The second kappa shape index (κ2) is 4.23. The Morgan fingerprint density at radius 1 is 1.38 bits per heavy atom. The molecule has 0 aromatic rings. The second-order valence-corrected chi connectivity index (χ2v) is 3.26. The van der Waals surface area contributed by atoms with E-state index in [-0.39, 0.29) is 18.9 Å². The summed E-state index contributed by atoms with van der Waals surface area (Å²) in [5.41, 5.74) is 0. The molecule has 0 aliphatic heterocycles. The topological polar surface area (TPSA) is 86.6 Å². The molecular formula is C8H13NO4. The number of carboxylic acids is 2. The maximum atomic E-state index is 10.6. The van der Waals surface area contributed by atoms with Crippen LogP contribution in [0.3, 0.4) is 0 Å². The molecule has 13 heavy (non-hydrogen) atoms. The van der Waals surface area contributed by atoms with Gasteiger partial charge >= 0.3 is 11.9 Å². The van der Waals surface area contributed by atoms with Gasteiger partial charge in [-0.3, -0.25) is 9.59 Å². The van der Waals surface area contributed by atoms with Crippen molar-refractivity contribution in [3.63, 3.8) is 0 Å². The first-order valence-electron chi connectivity index (χ1n) is 4.30. The molecule has 0 bridgehead atoms. The Hall–Kier alpha value is -1.10. The molecule has 1 aliphatic carbocycles. The average Bonchev–Trinajstić information content (AvgIpc) is 2.80. The fourth-order valence-corrected chi connectivity index (χ4v) is 1.08. The molecule has 1 saturated carbocycles. The monoisotopic (exact) mass is 187 g/mol. The summed E-state index contributed by atoms with van der Waals surface area (Å²) >= 11 is 0. The summed E-state index contributed by atoms with van der Waals surface area (Å²) in [4.78, 5) is 20.8. The molecule has 0 heterocycles. The third-order valence-electron chi connectivity index (χ3n) is 1.96. The molecule has 0 saturated heterocycles. The molecule has 3 N–H and O–H groups in total. The lowest BCUT2D eigenvalue weighted by atomic mass is 10.1. The highest BCUT2D eigenvalue weighted by atomic mass is 16.4. The van der Waals surface area contributed by atoms with Crippen molar-refractivity contribution in [3.8, 4) is 0 Å². The lowest BCUT2D eigenvalue weighted by molar-refractivity contribution is -0.140. The van der Waals surface area contributed by atoms with E-state index in [9.17, 15) is 9.59 Å². The van der Waals surface area contributed by atoms with E-state index in [0.717, 1.165) is 12.8 Å². The van der Waals surface area contributed by atoms with E-state index in [4.69, 9.17) is 10.2 Å². The van der Waals surface area contributed by atoms with Crippen molar-refractivity contribution >= 4 is 11.9 Å². The Kier molecular flexibility index (Phi) is 3.25. The van der Waals surface area contributed by atoms with E-state index in [1.807, 2.05) is 0 Å². The summed E-state index contributed by atoms with van der Waals surface area (Å²) in [7, 11) is 0. The first kappa shape index (κ1) is 9.98. The summed E-state index contributed by atoms with van der Waals surface area (Å²) in [6, 6.07) is -0.418. The summed E-state index contributed by atoms with van der Waals surface area (Å²) in [5.74, 6) is -1.92. The molecule has 1 aliphatic rings. The van der Waals surface area contributed by atoms with Gasteiger partial charge in [0.05, 0.1) is 0 Å². The first-order chi connectivity index (χ1) is 6.09. The van der Waals surface area contributed by atoms with E-state index >= 15 is 0 Å². The normalized spacial score (nSPS) is 18.2. The minimum absolute atomic E-state index is 0.101. The van der Waals surface area contributed by atoms with Crippen LogP contribution in [0, 0.1) is 0 Å². The van der Waals surface area contributed by atoms with Crippen molar-refractivity contribution in [2.24, 2.45) is 0 Å². The number of nitrogens with one attached hydrogen (secondary N) is 1. The van der Waals surface area contributed by atoms with E-state index in [0.29, 0.717) is 0 Å². The van der Waals surface area contributed by atoms with Crippen LogP contribution >= 0.6 is 0 Å². The molecule has 0 amide bonds. The van der Waals surface area contributed by atoms with Crippen molar-refractivity contribution in [1.82, 2.24) is 5.32 Å². The smallest absolute Gasteiger partial charge is 0.320 e. The standard InChI is InChI=1S/C8H13NO4/c10-7(11)4-3-6(8(12)13)9-5-1-2-5/h5-6,9H,1-4H2,(H,10,11)(H,12,13). The second-order valence-electron chi connectivity index (χ2n) is 3.26. The van der Waals surface area contributed by atoms with Gasteiger partial charge in [0.2, 0.25) is 0 Å². The van der Waals surface area contributed by atoms with Crippen LogP contribution in [0.4, 0.5) is 0 Å². The quantitative estimate of drug-likeness (QED) is 0.547. The molecule has 1 fully saturated rings. The van der Waals surface area contributed by atoms with Crippen LogP contribution in [-0.2, 0) is 9.59 Å². The summed E-state index contributed by atoms with van der Waals surface area (Å²) < 4.78 is 0. The van der Waals surface area contributed by atoms with Crippen molar-refractivity contribution in [2.45, 2.75) is 37.8 Å². The van der Waals surface area contributed by atoms with E-state index in [2.05, 4.69) is 5.32 Å². The van der Waals surface area contributed by atoms with Crippen LogP contribution in [0.15, 0.2) is 0 Å². The van der Waals surface area contributed by atoms with Crippen LogP contribution in [0.5, 0.6) is 0 Å². The van der Waals surface area contributed by atoms with Gasteiger partial charge in [0.15, 0.2) is 0 Å². The Morgan fingerprint density at radius 2 is 2.00 bits per heavy atom. The molecule has 0 radical (unpaired) electrons. The summed E-state index contributed by atoms with van der Waals surface area (Å²) in [6.07, 6.45) is 2.05. The molecule has 1 rings (SSSR count). The number of aliphatic carboxylic acids is 2. The predicted molar refractivity (Wildman–Crippen MR) is 44.5 cm³/mol. The van der Waals surface area contributed by atoms with Gasteiger partial charge in [-0.2, -0.15) is 0 Å². The number of hydrogen-bond acceptors (Lipinski definition) is 3. The Labute approximate surface area is 75.7 Å². The third-order valence-corrected chi connectivity index (χ3v) is 1.96. The highest BCUT2D eigenvalue weighted by Crippen LogP contribution is 2.20. The minimum Gasteiger partial charge on any atom is -0.481 e. The number of rotatable bonds is 6. The SMILES string of the molecule is O=C(O)CCC(NC1CC1)C(=O)O. The van der Waals surface area contributed by atoms with Crippen LogP contribution in [-0.4, -0.2) is 34.2 Å². The van der Waals surface area contributed by atoms with Crippen molar-refractivity contribution in [1.29, 1.82) is 0 Å². The molecular weight excluding hydrogens is 174 g/mol. The van der Waals surface area contributed by atoms with Crippen molar-refractivity contribution in [2.75, 3.05) is 0 Å². The first-order valence-corrected chi connectivity index (χ1v) is 4.30. The van der Waals surface area contributed by atoms with Gasteiger partial charge in [-0.1, -0.05) is 0 Å². The Balaban J connectivity index is 2.28. The van der Waals surface area contributed by atoms with Gasteiger partial charge in [-0.05, 0) is 19.3 Å². The lowest BCUT2D eigenvalue weighted by Crippen LogP contribution is -2.38. The van der Waals surface area contributed by atoms with Gasteiger partial charge in [-0.15, -0.1) is 0 Å². The molecule has 0 spiro atoms. The van der Waals surface area contributed by atoms with Gasteiger partial charge in [0.1, 0.15) is 6.04 Å². The molecule has 5 nitrogen and oxygen atoms in total. The van der Waals surface area contributed by atoms with Gasteiger partial charge in [0, 0.05) is 12.5 Å². The van der Waals surface area contributed by atoms with Gasteiger partial charge in [-0.25, -0.2) is 0 Å². The van der Waals surface area contributed by atoms with Crippen LogP contribution in [0.25, 0.3) is 0 Å². The van der Waals surface area contributed by atoms with E-state index < -0.39 is 18.0 Å². The number of carboxylic acid groups (broad SMARTS) is 2. The van der Waals surface area contributed by atoms with Crippen LogP contribution in [0.1, 0.15) is 25.7 Å². The fourth-order valence-electron chi connectivity index (χ4n) is 1.08. The van der Waals surface area contributed by atoms with Crippen LogP contribution < -0.4 is 5.32 Å². The number of hydrogen-bond donors (Lipinski definition) is 3. The highest BCUT2D eigenvalue weighted by molar-refractivity contribution is 5.75. The van der Waals surface area contributed by atoms with Crippen molar-refractivity contribution in [3.05, 3.63) is 0 Å². The summed E-state index contributed by atoms with van der Waals surface area (Å²) in [5, 5.41) is 20.0. The summed E-state index contributed by atoms with van der Waals surface area (Å²) in [6.45, 7) is 0. The van der Waals surface area contributed by atoms with Crippen LogP contribution in [0.2, 0.25) is 0 Å². The highest BCUT2D eigenvalue weighted by Gasteiger charge is 2.28. The zero-order valence-corrected chi connectivity index (χ0v) is 7.19. The zero-order chi connectivity index (χ0) is 9.84. The van der Waals surface area contributed by atoms with E-state index in [1.54, 1.807) is 0 Å². The molecule has 74 valence electrons. The lowest BCUT2D eigenvalue weighted by Gasteiger charge is -2.11. The maximum absolute atomic E-state index is 10.6. The molecule has 0 aromatic carbocycles. The fraction of sp³-hybridized carbons (Fsp3) is 0.750. The van der Waals surface area contributed by atoms with Gasteiger partial charge < -0.3 is 15.5 Å². The zero-order valence-electron chi connectivity index (χ0n) is 7.19. The van der Waals surface area contributed by atoms with Crippen molar-refractivity contribution < 1.29 is 19.8 Å². The average molecular weight is 187 g/mol. The largest absolute Gasteiger partial charge is 0.481 e. The molecule has 1 atom stereocenters. The van der Waals surface area contributed by atoms with Gasteiger partial charge in [0.25, 0.3) is 0 Å².